The average Bonchev–Trinajstić information content (AvgIpc) is 2.37. The topological polar surface area (TPSA) is 18.5 Å². The molecule has 19 heavy (non-hydrogen) atoms. The van der Waals surface area contributed by atoms with Gasteiger partial charge in [-0.25, -0.2) is 0 Å². The second-order valence-corrected chi connectivity index (χ2v) is 6.36. The summed E-state index contributed by atoms with van der Waals surface area (Å²) in [6.07, 6.45) is 2.64. The lowest BCUT2D eigenvalue weighted by Gasteiger charge is -2.52. The van der Waals surface area contributed by atoms with Crippen LogP contribution in [0.5, 0.6) is 0 Å². The number of piperidine rings is 1. The van der Waals surface area contributed by atoms with Crippen molar-refractivity contribution in [2.45, 2.75) is 37.6 Å². The Bertz CT molecular complexity index is 402. The van der Waals surface area contributed by atoms with Gasteiger partial charge in [0.1, 0.15) is 12.1 Å². The highest BCUT2D eigenvalue weighted by Gasteiger charge is 2.47. The van der Waals surface area contributed by atoms with Gasteiger partial charge in [0.2, 0.25) is 0 Å². The summed E-state index contributed by atoms with van der Waals surface area (Å²) in [6.45, 7) is 2.50. The first-order valence-electron chi connectivity index (χ1n) is 7.23. The highest BCUT2D eigenvalue weighted by molar-refractivity contribution is 5.13. The van der Waals surface area contributed by atoms with E-state index in [-0.39, 0.29) is 0 Å². The second kappa shape index (κ2) is 5.23. The van der Waals surface area contributed by atoms with Gasteiger partial charge in [0.15, 0.2) is 0 Å². The summed E-state index contributed by atoms with van der Waals surface area (Å²) in [7, 11) is 4.68. The molecule has 2 aliphatic heterocycles. The van der Waals surface area contributed by atoms with Gasteiger partial charge >= 0.3 is 0 Å². The Labute approximate surface area is 115 Å². The molecule has 0 radical (unpaired) electrons. The van der Waals surface area contributed by atoms with Crippen molar-refractivity contribution in [2.24, 2.45) is 0 Å². The van der Waals surface area contributed by atoms with Crippen molar-refractivity contribution in [1.29, 1.82) is 0 Å². The van der Waals surface area contributed by atoms with E-state index in [1.807, 2.05) is 6.07 Å². The van der Waals surface area contributed by atoms with Crippen LogP contribution in [0.3, 0.4) is 0 Å². The number of hydrogen-bond acceptors (Lipinski definition) is 2. The summed E-state index contributed by atoms with van der Waals surface area (Å²) in [4.78, 5) is 0. The fourth-order valence-electron chi connectivity index (χ4n) is 3.33. The van der Waals surface area contributed by atoms with Crippen molar-refractivity contribution >= 4 is 0 Å². The molecule has 0 unspecified atom stereocenters. The van der Waals surface area contributed by atoms with Gasteiger partial charge in [-0.15, -0.1) is 0 Å². The zero-order chi connectivity index (χ0) is 13.3. The van der Waals surface area contributed by atoms with Crippen molar-refractivity contribution in [3.63, 3.8) is 0 Å². The molecule has 3 nitrogen and oxygen atoms in total. The van der Waals surface area contributed by atoms with Gasteiger partial charge in [-0.3, -0.25) is 0 Å². The van der Waals surface area contributed by atoms with E-state index >= 15 is 0 Å². The lowest BCUT2D eigenvalue weighted by Crippen LogP contribution is -2.67. The predicted molar refractivity (Wildman–Crippen MR) is 74.8 cm³/mol. The van der Waals surface area contributed by atoms with Crippen LogP contribution >= 0.6 is 0 Å². The third kappa shape index (κ3) is 2.69. The average molecular weight is 262 g/mol. The smallest absolute Gasteiger partial charge is 0.115 e. The second-order valence-electron chi connectivity index (χ2n) is 6.36. The van der Waals surface area contributed by atoms with E-state index in [0.717, 1.165) is 37.1 Å². The Morgan fingerprint density at radius 3 is 2.37 bits per heavy atom. The number of fused-ring (bicyclic) bond motifs is 2. The third-order valence-electron chi connectivity index (χ3n) is 4.90. The monoisotopic (exact) mass is 262 g/mol. The number of benzene rings is 1. The van der Waals surface area contributed by atoms with Crippen molar-refractivity contribution in [3.8, 4) is 0 Å². The van der Waals surface area contributed by atoms with E-state index in [4.69, 9.17) is 9.47 Å². The Hall–Kier alpha value is -0.900. The zero-order valence-corrected chi connectivity index (χ0v) is 11.9. The predicted octanol–water partition coefficient (Wildman–Crippen LogP) is 2.21. The Balaban J connectivity index is 1.59. The summed E-state index contributed by atoms with van der Waals surface area (Å²) in [5.74, 6) is 0. The van der Waals surface area contributed by atoms with Crippen LogP contribution in [0.2, 0.25) is 0 Å². The molecule has 2 aliphatic rings. The number of morpholine rings is 1. The van der Waals surface area contributed by atoms with Gasteiger partial charge in [-0.05, 0) is 5.56 Å². The summed E-state index contributed by atoms with van der Waals surface area (Å²) < 4.78 is 12.9. The van der Waals surface area contributed by atoms with Crippen LogP contribution in [0.25, 0.3) is 0 Å². The molecule has 2 atom stereocenters. The highest BCUT2D eigenvalue weighted by atomic mass is 16.5. The maximum absolute atomic E-state index is 6.13. The SMILES string of the molecule is C[N+]1(C)[C@@H]2COC[C@@H]1CC(OCc1ccccc1)C2. The fourth-order valence-corrected chi connectivity index (χ4v) is 3.33. The van der Waals surface area contributed by atoms with E-state index < -0.39 is 0 Å². The largest absolute Gasteiger partial charge is 0.373 e. The van der Waals surface area contributed by atoms with Crippen LogP contribution in [0.1, 0.15) is 18.4 Å². The molecule has 3 heteroatoms. The molecular formula is C16H24NO2+. The van der Waals surface area contributed by atoms with Crippen molar-refractivity contribution in [1.82, 2.24) is 0 Å². The molecule has 3 rings (SSSR count). The first-order valence-corrected chi connectivity index (χ1v) is 7.23. The van der Waals surface area contributed by atoms with Crippen molar-refractivity contribution in [2.75, 3.05) is 27.3 Å². The Kier molecular flexibility index (Phi) is 3.61. The molecule has 0 spiro atoms. The van der Waals surface area contributed by atoms with Gasteiger partial charge in [0.05, 0.1) is 40.0 Å². The van der Waals surface area contributed by atoms with Gasteiger partial charge < -0.3 is 14.0 Å². The van der Waals surface area contributed by atoms with Crippen LogP contribution in [0, 0.1) is 0 Å². The number of rotatable bonds is 3. The number of hydrogen-bond donors (Lipinski definition) is 0. The van der Waals surface area contributed by atoms with E-state index in [2.05, 4.69) is 38.4 Å². The summed E-state index contributed by atoms with van der Waals surface area (Å²) in [6, 6.07) is 11.6. The van der Waals surface area contributed by atoms with Gasteiger partial charge in [0, 0.05) is 12.8 Å². The lowest BCUT2D eigenvalue weighted by molar-refractivity contribution is -0.953. The van der Waals surface area contributed by atoms with E-state index in [0.29, 0.717) is 18.2 Å². The molecule has 1 aromatic rings. The number of ether oxygens (including phenoxy) is 2. The normalized spacial score (nSPS) is 33.1. The van der Waals surface area contributed by atoms with E-state index in [1.54, 1.807) is 0 Å². The molecule has 1 aromatic carbocycles. The molecule has 0 N–H and O–H groups in total. The summed E-state index contributed by atoms with van der Waals surface area (Å²) in [5, 5.41) is 0. The first kappa shape index (κ1) is 13.1. The van der Waals surface area contributed by atoms with Crippen LogP contribution in [-0.4, -0.2) is 50.0 Å². The molecule has 0 aliphatic carbocycles. The summed E-state index contributed by atoms with van der Waals surface area (Å²) in [5.41, 5.74) is 1.27. The zero-order valence-electron chi connectivity index (χ0n) is 11.9. The molecule has 2 fully saturated rings. The molecule has 2 saturated heterocycles. The van der Waals surface area contributed by atoms with Crippen LogP contribution in [0.15, 0.2) is 30.3 Å². The molecule has 0 aromatic heterocycles. The standard InChI is InChI=1S/C16H24NO2/c1-17(2)14-8-16(9-15(17)12-18-11-14)19-10-13-6-4-3-5-7-13/h3-7,14-16H,8-12H2,1-2H3/q+1/t14-,15-/m0/s1. The Morgan fingerprint density at radius 1 is 1.11 bits per heavy atom. The third-order valence-corrected chi connectivity index (χ3v) is 4.90. The minimum absolute atomic E-state index is 0.394. The molecular weight excluding hydrogens is 238 g/mol. The van der Waals surface area contributed by atoms with Crippen LogP contribution in [-0.2, 0) is 16.1 Å². The quantitative estimate of drug-likeness (QED) is 0.778. The maximum atomic E-state index is 6.13. The molecule has 104 valence electrons. The van der Waals surface area contributed by atoms with E-state index in [1.165, 1.54) is 5.56 Å². The van der Waals surface area contributed by atoms with Crippen LogP contribution in [0.4, 0.5) is 0 Å². The van der Waals surface area contributed by atoms with Gasteiger partial charge in [-0.1, -0.05) is 30.3 Å². The maximum Gasteiger partial charge on any atom is 0.115 e. The Morgan fingerprint density at radius 2 is 1.74 bits per heavy atom. The van der Waals surface area contributed by atoms with E-state index in [9.17, 15) is 0 Å². The number of nitrogens with zero attached hydrogens (tertiary/aromatic N) is 1. The number of likely N-dealkylation sites (N-methyl/N-ethyl adjacent to an activating group) is 1. The van der Waals surface area contributed by atoms with Crippen LogP contribution < -0.4 is 0 Å². The summed E-state index contributed by atoms with van der Waals surface area (Å²) >= 11 is 0. The number of quaternary nitrogens is 1. The van der Waals surface area contributed by atoms with Crippen molar-refractivity contribution < 1.29 is 14.0 Å². The first-order chi connectivity index (χ1) is 9.16. The minimum atomic E-state index is 0.394. The molecule has 2 heterocycles. The lowest BCUT2D eigenvalue weighted by atomic mass is 9.90. The fraction of sp³-hybridized carbons (Fsp3) is 0.625. The van der Waals surface area contributed by atoms with Crippen molar-refractivity contribution in [3.05, 3.63) is 35.9 Å². The molecule has 0 amide bonds. The van der Waals surface area contributed by atoms with Gasteiger partial charge in [0.25, 0.3) is 0 Å². The molecule has 0 saturated carbocycles. The highest BCUT2D eigenvalue weighted by Crippen LogP contribution is 2.33. The van der Waals surface area contributed by atoms with Gasteiger partial charge in [-0.2, -0.15) is 0 Å². The molecule has 2 bridgehead atoms. The minimum Gasteiger partial charge on any atom is -0.373 e.